The Morgan fingerprint density at radius 3 is 2.83 bits per heavy atom. The number of nitrogens with zero attached hydrogens (tertiary/aromatic N) is 1. The summed E-state index contributed by atoms with van der Waals surface area (Å²) in [6, 6.07) is 8.91. The van der Waals surface area contributed by atoms with Gasteiger partial charge in [0.05, 0.1) is 11.4 Å². The molecule has 0 aliphatic rings. The first-order valence-corrected chi connectivity index (χ1v) is 6.76. The van der Waals surface area contributed by atoms with E-state index in [4.69, 9.17) is 5.73 Å². The lowest BCUT2D eigenvalue weighted by atomic mass is 10.1. The van der Waals surface area contributed by atoms with Crippen LogP contribution in [0.15, 0.2) is 35.7 Å². The zero-order valence-electron chi connectivity index (χ0n) is 10.6. The highest BCUT2D eigenvalue weighted by Gasteiger charge is 2.14. The minimum absolute atomic E-state index is 0.255. The third-order valence-electron chi connectivity index (χ3n) is 3.11. The molecule has 0 fully saturated rings. The Morgan fingerprint density at radius 2 is 2.17 bits per heavy atom. The van der Waals surface area contributed by atoms with Gasteiger partial charge in [-0.2, -0.15) is 0 Å². The molecular formula is C14H17FN2S. The monoisotopic (exact) mass is 264 g/mol. The van der Waals surface area contributed by atoms with Crippen LogP contribution in [-0.2, 0) is 6.42 Å². The number of thiophene rings is 1. The first-order chi connectivity index (χ1) is 8.58. The van der Waals surface area contributed by atoms with Gasteiger partial charge in [-0.05, 0) is 36.6 Å². The molecule has 0 saturated carbocycles. The van der Waals surface area contributed by atoms with E-state index in [-0.39, 0.29) is 11.9 Å². The summed E-state index contributed by atoms with van der Waals surface area (Å²) in [6.07, 6.45) is 0.935. The van der Waals surface area contributed by atoms with Gasteiger partial charge >= 0.3 is 0 Å². The number of anilines is 2. The molecule has 0 bridgehead atoms. The molecule has 0 aliphatic carbocycles. The van der Waals surface area contributed by atoms with Gasteiger partial charge in [-0.15, -0.1) is 11.3 Å². The van der Waals surface area contributed by atoms with E-state index >= 15 is 0 Å². The molecule has 0 amide bonds. The second kappa shape index (κ2) is 5.40. The molecule has 1 heterocycles. The van der Waals surface area contributed by atoms with Gasteiger partial charge in [-0.3, -0.25) is 0 Å². The van der Waals surface area contributed by atoms with Crippen LogP contribution in [0.5, 0.6) is 0 Å². The van der Waals surface area contributed by atoms with E-state index in [9.17, 15) is 4.39 Å². The van der Waals surface area contributed by atoms with Crippen LogP contribution in [0.3, 0.4) is 0 Å². The standard InChI is InChI=1S/C14H17FN2S/c1-10(8-12-4-3-7-18-12)17(2)14-9-11(15)5-6-13(14)16/h3-7,9-10H,8,16H2,1-2H3. The average Bonchev–Trinajstić information content (AvgIpc) is 2.84. The van der Waals surface area contributed by atoms with E-state index in [1.807, 2.05) is 18.0 Å². The van der Waals surface area contributed by atoms with Crippen molar-refractivity contribution >= 4 is 22.7 Å². The molecule has 0 aliphatic heterocycles. The Hall–Kier alpha value is -1.55. The molecule has 2 aromatic rings. The summed E-state index contributed by atoms with van der Waals surface area (Å²) < 4.78 is 13.3. The number of hydrogen-bond acceptors (Lipinski definition) is 3. The number of nitrogen functional groups attached to an aromatic ring is 1. The lowest BCUT2D eigenvalue weighted by molar-refractivity contribution is 0.624. The van der Waals surface area contributed by atoms with E-state index in [1.165, 1.54) is 17.0 Å². The number of likely N-dealkylation sites (N-methyl/N-ethyl adjacent to an activating group) is 1. The number of benzene rings is 1. The SMILES string of the molecule is CC(Cc1cccs1)N(C)c1cc(F)ccc1N. The smallest absolute Gasteiger partial charge is 0.125 e. The van der Waals surface area contributed by atoms with Gasteiger partial charge in [0.25, 0.3) is 0 Å². The van der Waals surface area contributed by atoms with Crippen molar-refractivity contribution in [2.75, 3.05) is 17.7 Å². The molecular weight excluding hydrogens is 247 g/mol. The van der Waals surface area contributed by atoms with Crippen molar-refractivity contribution in [3.63, 3.8) is 0 Å². The fourth-order valence-electron chi connectivity index (χ4n) is 1.92. The Balaban J connectivity index is 2.14. The van der Waals surface area contributed by atoms with E-state index in [0.717, 1.165) is 12.1 Å². The van der Waals surface area contributed by atoms with Crippen molar-refractivity contribution in [2.24, 2.45) is 0 Å². The molecule has 1 unspecified atom stereocenters. The van der Waals surface area contributed by atoms with Gasteiger partial charge < -0.3 is 10.6 Å². The number of hydrogen-bond donors (Lipinski definition) is 1. The highest BCUT2D eigenvalue weighted by molar-refractivity contribution is 7.09. The van der Waals surface area contributed by atoms with Crippen LogP contribution in [0.1, 0.15) is 11.8 Å². The van der Waals surface area contributed by atoms with Crippen molar-refractivity contribution < 1.29 is 4.39 Å². The van der Waals surface area contributed by atoms with Crippen LogP contribution in [0.4, 0.5) is 15.8 Å². The van der Waals surface area contributed by atoms with Crippen molar-refractivity contribution in [2.45, 2.75) is 19.4 Å². The maximum Gasteiger partial charge on any atom is 0.125 e. The summed E-state index contributed by atoms with van der Waals surface area (Å²) in [6.45, 7) is 2.12. The molecule has 2 nitrogen and oxygen atoms in total. The molecule has 96 valence electrons. The first-order valence-electron chi connectivity index (χ1n) is 5.88. The minimum atomic E-state index is -0.255. The van der Waals surface area contributed by atoms with Crippen LogP contribution in [-0.4, -0.2) is 13.1 Å². The Bertz CT molecular complexity index is 511. The molecule has 1 aromatic carbocycles. The summed E-state index contributed by atoms with van der Waals surface area (Å²) in [5, 5.41) is 2.07. The van der Waals surface area contributed by atoms with E-state index in [2.05, 4.69) is 18.4 Å². The average molecular weight is 264 g/mol. The molecule has 0 radical (unpaired) electrons. The third kappa shape index (κ3) is 2.82. The molecule has 2 rings (SSSR count). The van der Waals surface area contributed by atoms with Gasteiger partial charge in [0.2, 0.25) is 0 Å². The zero-order valence-corrected chi connectivity index (χ0v) is 11.4. The number of nitrogens with two attached hydrogens (primary N) is 1. The highest BCUT2D eigenvalue weighted by Crippen LogP contribution is 2.26. The van der Waals surface area contributed by atoms with Crippen LogP contribution < -0.4 is 10.6 Å². The highest BCUT2D eigenvalue weighted by atomic mass is 32.1. The van der Waals surface area contributed by atoms with Gasteiger partial charge in [-0.25, -0.2) is 4.39 Å². The molecule has 4 heteroatoms. The lowest BCUT2D eigenvalue weighted by Gasteiger charge is -2.28. The van der Waals surface area contributed by atoms with Crippen LogP contribution in [0, 0.1) is 5.82 Å². The van der Waals surface area contributed by atoms with Crippen molar-refractivity contribution in [1.29, 1.82) is 0 Å². The number of halogens is 1. The fraction of sp³-hybridized carbons (Fsp3) is 0.286. The van der Waals surface area contributed by atoms with Gasteiger partial charge in [0.15, 0.2) is 0 Å². The molecule has 0 spiro atoms. The number of rotatable bonds is 4. The van der Waals surface area contributed by atoms with E-state index in [0.29, 0.717) is 5.69 Å². The molecule has 18 heavy (non-hydrogen) atoms. The van der Waals surface area contributed by atoms with Crippen LogP contribution in [0.25, 0.3) is 0 Å². The molecule has 1 atom stereocenters. The Kier molecular flexibility index (Phi) is 3.87. The lowest BCUT2D eigenvalue weighted by Crippen LogP contribution is -2.31. The van der Waals surface area contributed by atoms with Crippen LogP contribution >= 0.6 is 11.3 Å². The summed E-state index contributed by atoms with van der Waals surface area (Å²) in [4.78, 5) is 3.35. The minimum Gasteiger partial charge on any atom is -0.397 e. The van der Waals surface area contributed by atoms with E-state index in [1.54, 1.807) is 17.4 Å². The maximum atomic E-state index is 13.3. The Morgan fingerprint density at radius 1 is 1.39 bits per heavy atom. The van der Waals surface area contributed by atoms with Gasteiger partial charge in [0, 0.05) is 24.4 Å². The van der Waals surface area contributed by atoms with Crippen molar-refractivity contribution in [3.8, 4) is 0 Å². The quantitative estimate of drug-likeness (QED) is 0.856. The van der Waals surface area contributed by atoms with Crippen molar-refractivity contribution in [1.82, 2.24) is 0 Å². The predicted octanol–water partition coefficient (Wildman–Crippen LogP) is 3.54. The second-order valence-electron chi connectivity index (χ2n) is 4.45. The second-order valence-corrected chi connectivity index (χ2v) is 5.48. The fourth-order valence-corrected chi connectivity index (χ4v) is 2.74. The van der Waals surface area contributed by atoms with Gasteiger partial charge in [-0.1, -0.05) is 6.07 Å². The third-order valence-corrected chi connectivity index (χ3v) is 4.01. The van der Waals surface area contributed by atoms with Crippen molar-refractivity contribution in [3.05, 3.63) is 46.4 Å². The maximum absolute atomic E-state index is 13.3. The summed E-state index contributed by atoms with van der Waals surface area (Å²) in [5.74, 6) is -0.255. The molecule has 2 N–H and O–H groups in total. The predicted molar refractivity (Wildman–Crippen MR) is 76.7 cm³/mol. The normalized spacial score (nSPS) is 12.4. The summed E-state index contributed by atoms with van der Waals surface area (Å²) in [7, 11) is 1.95. The largest absolute Gasteiger partial charge is 0.397 e. The zero-order chi connectivity index (χ0) is 13.1. The molecule has 1 aromatic heterocycles. The first kappa shape index (κ1) is 12.9. The van der Waals surface area contributed by atoms with Gasteiger partial charge in [0.1, 0.15) is 5.82 Å². The summed E-state index contributed by atoms with van der Waals surface area (Å²) in [5.41, 5.74) is 7.25. The summed E-state index contributed by atoms with van der Waals surface area (Å²) >= 11 is 1.74. The molecule has 0 saturated heterocycles. The topological polar surface area (TPSA) is 29.3 Å². The van der Waals surface area contributed by atoms with Crippen LogP contribution in [0.2, 0.25) is 0 Å². The Labute approximate surface area is 111 Å². The van der Waals surface area contributed by atoms with E-state index < -0.39 is 0 Å².